The largest absolute Gasteiger partial charge is 0.461 e. The van der Waals surface area contributed by atoms with Crippen LogP contribution >= 0.6 is 0 Å². The van der Waals surface area contributed by atoms with E-state index >= 15 is 0 Å². The first-order valence-electron chi connectivity index (χ1n) is 8.68. The fourth-order valence-corrected chi connectivity index (χ4v) is 2.96. The van der Waals surface area contributed by atoms with Gasteiger partial charge in [0, 0.05) is 6.07 Å². The Bertz CT molecular complexity index is 953. The van der Waals surface area contributed by atoms with Crippen molar-refractivity contribution in [3.05, 3.63) is 102 Å². The van der Waals surface area contributed by atoms with Gasteiger partial charge in [0.1, 0.15) is 0 Å². The summed E-state index contributed by atoms with van der Waals surface area (Å²) in [6.45, 7) is 0. The fourth-order valence-electron chi connectivity index (χ4n) is 2.96. The first-order chi connectivity index (χ1) is 13.3. The first kappa shape index (κ1) is 16.8. The molecule has 2 heterocycles. The molecule has 5 heteroatoms. The van der Waals surface area contributed by atoms with Crippen molar-refractivity contribution in [2.24, 2.45) is 0 Å². The monoisotopic (exact) mass is 358 g/mol. The summed E-state index contributed by atoms with van der Waals surface area (Å²) in [5.74, 6) is 0.957. The number of nitrogens with one attached hydrogen (secondary N) is 1. The highest BCUT2D eigenvalue weighted by molar-refractivity contribution is 5.79. The Labute approximate surface area is 156 Å². The van der Waals surface area contributed by atoms with Gasteiger partial charge < -0.3 is 14.3 Å². The molecular formula is C22H18N2O3. The van der Waals surface area contributed by atoms with Gasteiger partial charge in [-0.3, -0.25) is 4.79 Å². The van der Waals surface area contributed by atoms with Crippen molar-refractivity contribution in [3.63, 3.8) is 0 Å². The van der Waals surface area contributed by atoms with Crippen LogP contribution < -0.4 is 5.32 Å². The van der Waals surface area contributed by atoms with E-state index in [-0.39, 0.29) is 18.4 Å². The van der Waals surface area contributed by atoms with Gasteiger partial charge in [0.2, 0.25) is 11.7 Å². The molecule has 4 aromatic rings. The highest BCUT2D eigenvalue weighted by Crippen LogP contribution is 2.23. The average molecular weight is 358 g/mol. The fraction of sp³-hybridized carbons (Fsp3) is 0.0909. The van der Waals surface area contributed by atoms with Crippen molar-refractivity contribution in [3.8, 4) is 11.5 Å². The minimum absolute atomic E-state index is 0.125. The Balaban J connectivity index is 1.51. The van der Waals surface area contributed by atoms with Crippen molar-refractivity contribution >= 4 is 5.91 Å². The summed E-state index contributed by atoms with van der Waals surface area (Å²) in [5.41, 5.74) is 2.60. The lowest BCUT2D eigenvalue weighted by atomic mass is 9.98. The number of rotatable bonds is 6. The van der Waals surface area contributed by atoms with Gasteiger partial charge in [-0.2, -0.15) is 0 Å². The van der Waals surface area contributed by atoms with Crippen molar-refractivity contribution < 1.29 is 13.7 Å². The van der Waals surface area contributed by atoms with Gasteiger partial charge in [-0.1, -0.05) is 65.8 Å². The molecule has 0 aliphatic rings. The lowest BCUT2D eigenvalue weighted by Crippen LogP contribution is -2.30. The number of aromatic nitrogens is 1. The molecule has 1 amide bonds. The van der Waals surface area contributed by atoms with Crippen molar-refractivity contribution in [1.82, 2.24) is 10.5 Å². The molecule has 0 saturated carbocycles. The number of carbonyl (C=O) groups excluding carboxylic acids is 1. The number of amides is 1. The van der Waals surface area contributed by atoms with Crippen LogP contribution in [0.25, 0.3) is 11.5 Å². The number of nitrogens with zero attached hydrogens (tertiary/aromatic N) is 1. The summed E-state index contributed by atoms with van der Waals surface area (Å²) in [4.78, 5) is 12.6. The second-order valence-corrected chi connectivity index (χ2v) is 6.16. The number of carbonyl (C=O) groups is 1. The van der Waals surface area contributed by atoms with Crippen LogP contribution in [-0.4, -0.2) is 11.1 Å². The zero-order chi connectivity index (χ0) is 18.5. The van der Waals surface area contributed by atoms with Gasteiger partial charge in [-0.15, -0.1) is 0 Å². The van der Waals surface area contributed by atoms with Crippen LogP contribution in [0.15, 0.2) is 94.1 Å². The SMILES string of the molecule is O=C(Cc1cc(-c2ccco2)on1)NC(c1ccccc1)c1ccccc1. The summed E-state index contributed by atoms with van der Waals surface area (Å²) < 4.78 is 10.5. The van der Waals surface area contributed by atoms with E-state index in [9.17, 15) is 4.79 Å². The minimum Gasteiger partial charge on any atom is -0.461 e. The summed E-state index contributed by atoms with van der Waals surface area (Å²) in [6, 6.07) is 24.8. The van der Waals surface area contributed by atoms with Crippen LogP contribution in [0.4, 0.5) is 0 Å². The molecule has 2 aromatic carbocycles. The molecule has 0 aliphatic carbocycles. The molecule has 1 N–H and O–H groups in total. The maximum absolute atomic E-state index is 12.6. The Kier molecular flexibility index (Phi) is 4.83. The van der Waals surface area contributed by atoms with Gasteiger partial charge in [0.15, 0.2) is 5.76 Å². The van der Waals surface area contributed by atoms with Gasteiger partial charge >= 0.3 is 0 Å². The summed E-state index contributed by atoms with van der Waals surface area (Å²) in [6.07, 6.45) is 1.69. The van der Waals surface area contributed by atoms with Gasteiger partial charge in [0.05, 0.1) is 24.4 Å². The lowest BCUT2D eigenvalue weighted by Gasteiger charge is -2.19. The molecular weight excluding hydrogens is 340 g/mol. The molecule has 4 rings (SSSR count). The number of benzene rings is 2. The molecule has 0 saturated heterocycles. The molecule has 0 spiro atoms. The van der Waals surface area contributed by atoms with Crippen LogP contribution in [0, 0.1) is 0 Å². The van der Waals surface area contributed by atoms with Gasteiger partial charge in [0.25, 0.3) is 0 Å². The van der Waals surface area contributed by atoms with E-state index in [0.29, 0.717) is 17.2 Å². The van der Waals surface area contributed by atoms with Crippen LogP contribution in [-0.2, 0) is 11.2 Å². The predicted octanol–water partition coefficient (Wildman–Crippen LogP) is 4.38. The summed E-state index contributed by atoms with van der Waals surface area (Å²) in [5, 5.41) is 7.07. The number of furan rings is 1. The van der Waals surface area contributed by atoms with Crippen LogP contribution in [0.2, 0.25) is 0 Å². The molecule has 27 heavy (non-hydrogen) atoms. The van der Waals surface area contributed by atoms with E-state index < -0.39 is 0 Å². The topological polar surface area (TPSA) is 68.3 Å². The van der Waals surface area contributed by atoms with Crippen molar-refractivity contribution in [1.29, 1.82) is 0 Å². The van der Waals surface area contributed by atoms with Crippen LogP contribution in [0.5, 0.6) is 0 Å². The first-order valence-corrected chi connectivity index (χ1v) is 8.68. The lowest BCUT2D eigenvalue weighted by molar-refractivity contribution is -0.121. The zero-order valence-electron chi connectivity index (χ0n) is 14.5. The second-order valence-electron chi connectivity index (χ2n) is 6.16. The molecule has 0 fully saturated rings. The Morgan fingerprint density at radius 3 is 2.15 bits per heavy atom. The van der Waals surface area contributed by atoms with Crippen LogP contribution in [0.3, 0.4) is 0 Å². The van der Waals surface area contributed by atoms with Gasteiger partial charge in [-0.05, 0) is 23.3 Å². The average Bonchev–Trinajstić information content (AvgIpc) is 3.39. The molecule has 0 atom stereocenters. The molecule has 0 bridgehead atoms. The second kappa shape index (κ2) is 7.74. The van der Waals surface area contributed by atoms with E-state index in [1.165, 1.54) is 0 Å². The smallest absolute Gasteiger partial charge is 0.226 e. The number of hydrogen-bond acceptors (Lipinski definition) is 4. The third-order valence-electron chi connectivity index (χ3n) is 4.24. The third kappa shape index (κ3) is 3.98. The normalized spacial score (nSPS) is 10.9. The van der Waals surface area contributed by atoms with E-state index in [2.05, 4.69) is 10.5 Å². The Morgan fingerprint density at radius 1 is 0.889 bits per heavy atom. The van der Waals surface area contributed by atoms with Crippen molar-refractivity contribution in [2.75, 3.05) is 0 Å². The summed E-state index contributed by atoms with van der Waals surface area (Å²) in [7, 11) is 0. The summed E-state index contributed by atoms with van der Waals surface area (Å²) >= 11 is 0. The van der Waals surface area contributed by atoms with E-state index in [1.807, 2.05) is 60.7 Å². The highest BCUT2D eigenvalue weighted by atomic mass is 16.5. The molecule has 2 aromatic heterocycles. The van der Waals surface area contributed by atoms with E-state index in [4.69, 9.17) is 8.94 Å². The van der Waals surface area contributed by atoms with Crippen molar-refractivity contribution in [2.45, 2.75) is 12.5 Å². The molecule has 0 unspecified atom stereocenters. The molecule has 5 nitrogen and oxygen atoms in total. The van der Waals surface area contributed by atoms with Gasteiger partial charge in [-0.25, -0.2) is 0 Å². The molecule has 134 valence electrons. The Morgan fingerprint density at radius 2 is 1.56 bits per heavy atom. The highest BCUT2D eigenvalue weighted by Gasteiger charge is 2.18. The quantitative estimate of drug-likeness (QED) is 0.555. The third-order valence-corrected chi connectivity index (χ3v) is 4.24. The minimum atomic E-state index is -0.226. The van der Waals surface area contributed by atoms with E-state index in [0.717, 1.165) is 11.1 Å². The molecule has 0 aliphatic heterocycles. The molecule has 0 radical (unpaired) electrons. The van der Waals surface area contributed by atoms with Crippen LogP contribution in [0.1, 0.15) is 22.9 Å². The maximum Gasteiger partial charge on any atom is 0.226 e. The number of hydrogen-bond donors (Lipinski definition) is 1. The Hall–Kier alpha value is -3.60. The zero-order valence-corrected chi connectivity index (χ0v) is 14.5. The predicted molar refractivity (Wildman–Crippen MR) is 101 cm³/mol. The standard InChI is InChI=1S/C22H18N2O3/c25-21(15-18-14-20(27-24-18)19-12-7-13-26-19)23-22(16-8-3-1-4-9-16)17-10-5-2-6-11-17/h1-14,22H,15H2,(H,23,25). The van der Waals surface area contributed by atoms with E-state index in [1.54, 1.807) is 24.5 Å². The maximum atomic E-state index is 12.6.